The maximum atomic E-state index is 9.09. The zero-order valence-corrected chi connectivity index (χ0v) is 11.2. The highest BCUT2D eigenvalue weighted by Crippen LogP contribution is 2.34. The van der Waals surface area contributed by atoms with Gasteiger partial charge < -0.3 is 14.6 Å². The lowest BCUT2D eigenvalue weighted by molar-refractivity contribution is 0.271. The van der Waals surface area contributed by atoms with Gasteiger partial charge in [0, 0.05) is 11.8 Å². The minimum atomic E-state index is -0.180. The highest BCUT2D eigenvalue weighted by atomic mass is 16.5. The van der Waals surface area contributed by atoms with E-state index in [2.05, 4.69) is 9.97 Å². The summed E-state index contributed by atoms with van der Waals surface area (Å²) in [6.07, 6.45) is 1.63. The number of aliphatic hydroxyl groups excluding tert-OH is 1. The third-order valence-corrected chi connectivity index (χ3v) is 2.85. The molecular weight excluding hydrogens is 244 g/mol. The van der Waals surface area contributed by atoms with Crippen LogP contribution in [0.25, 0.3) is 11.3 Å². The predicted molar refractivity (Wildman–Crippen MR) is 71.2 cm³/mol. The Bertz CT molecular complexity index is 585. The van der Waals surface area contributed by atoms with Crippen LogP contribution in [-0.2, 0) is 6.61 Å². The third-order valence-electron chi connectivity index (χ3n) is 2.85. The fourth-order valence-corrected chi connectivity index (χ4v) is 1.88. The Morgan fingerprint density at radius 3 is 2.47 bits per heavy atom. The van der Waals surface area contributed by atoms with Crippen LogP contribution in [0.4, 0.5) is 0 Å². The van der Waals surface area contributed by atoms with Gasteiger partial charge in [0.1, 0.15) is 6.61 Å². The van der Waals surface area contributed by atoms with Crippen molar-refractivity contribution in [3.63, 3.8) is 0 Å². The fraction of sp³-hybridized carbons (Fsp3) is 0.286. The molecule has 0 bridgehead atoms. The number of aryl methyl sites for hydroxylation is 1. The Kier molecular flexibility index (Phi) is 3.97. The summed E-state index contributed by atoms with van der Waals surface area (Å²) in [6, 6.07) is 5.57. The molecule has 0 saturated heterocycles. The van der Waals surface area contributed by atoms with Gasteiger partial charge in [-0.05, 0) is 30.7 Å². The average Bonchev–Trinajstić information content (AvgIpc) is 2.46. The summed E-state index contributed by atoms with van der Waals surface area (Å²) in [5, 5.41) is 9.09. The van der Waals surface area contributed by atoms with Gasteiger partial charge in [-0.2, -0.15) is 0 Å². The smallest absolute Gasteiger partial charge is 0.161 e. The van der Waals surface area contributed by atoms with Gasteiger partial charge in [-0.15, -0.1) is 0 Å². The number of hydrogen-bond donors (Lipinski definition) is 1. The normalized spacial score (nSPS) is 10.3. The zero-order chi connectivity index (χ0) is 13.8. The second-order valence-electron chi connectivity index (χ2n) is 4.04. The van der Waals surface area contributed by atoms with Crippen LogP contribution in [-0.4, -0.2) is 29.3 Å². The molecule has 5 heteroatoms. The Morgan fingerprint density at radius 1 is 1.16 bits per heavy atom. The molecule has 100 valence electrons. The van der Waals surface area contributed by atoms with Crippen LogP contribution in [0.15, 0.2) is 24.4 Å². The summed E-state index contributed by atoms with van der Waals surface area (Å²) in [4.78, 5) is 8.27. The van der Waals surface area contributed by atoms with Crippen LogP contribution in [0.3, 0.4) is 0 Å². The molecule has 0 amide bonds. The number of ether oxygens (including phenoxy) is 2. The van der Waals surface area contributed by atoms with Gasteiger partial charge in [-0.3, -0.25) is 0 Å². The van der Waals surface area contributed by atoms with Crippen molar-refractivity contribution in [2.75, 3.05) is 14.2 Å². The minimum Gasteiger partial charge on any atom is -0.493 e. The van der Waals surface area contributed by atoms with Gasteiger partial charge in [-0.1, -0.05) is 0 Å². The molecular formula is C14H16N2O3. The van der Waals surface area contributed by atoms with Crippen molar-refractivity contribution in [3.05, 3.63) is 35.8 Å². The second kappa shape index (κ2) is 5.67. The molecule has 0 aliphatic heterocycles. The van der Waals surface area contributed by atoms with Gasteiger partial charge in [0.05, 0.1) is 19.9 Å². The lowest BCUT2D eigenvalue weighted by atomic mass is 10.0. The van der Waals surface area contributed by atoms with Crippen LogP contribution in [0.1, 0.15) is 11.4 Å². The molecule has 0 aliphatic rings. The minimum absolute atomic E-state index is 0.180. The molecule has 0 radical (unpaired) electrons. The highest BCUT2D eigenvalue weighted by molar-refractivity contribution is 5.68. The molecule has 0 atom stereocenters. The molecule has 1 N–H and O–H groups in total. The maximum absolute atomic E-state index is 9.09. The van der Waals surface area contributed by atoms with Crippen LogP contribution in [0.5, 0.6) is 11.5 Å². The van der Waals surface area contributed by atoms with E-state index in [9.17, 15) is 0 Å². The quantitative estimate of drug-likeness (QED) is 0.910. The van der Waals surface area contributed by atoms with Crippen LogP contribution >= 0.6 is 0 Å². The van der Waals surface area contributed by atoms with Crippen molar-refractivity contribution in [2.24, 2.45) is 0 Å². The summed E-state index contributed by atoms with van der Waals surface area (Å²) < 4.78 is 10.5. The molecule has 0 unspecified atom stereocenters. The van der Waals surface area contributed by atoms with E-state index < -0.39 is 0 Å². The summed E-state index contributed by atoms with van der Waals surface area (Å²) >= 11 is 0. The van der Waals surface area contributed by atoms with E-state index in [1.165, 1.54) is 0 Å². The molecule has 0 aliphatic carbocycles. The van der Waals surface area contributed by atoms with Crippen LogP contribution in [0.2, 0.25) is 0 Å². The number of methoxy groups -OCH3 is 2. The Labute approximate surface area is 111 Å². The second-order valence-corrected chi connectivity index (χ2v) is 4.04. The van der Waals surface area contributed by atoms with Crippen LogP contribution in [0, 0.1) is 6.92 Å². The SMILES string of the molecule is COc1cc(C)c(-c2ccnc(CO)n2)cc1OC. The standard InChI is InChI=1S/C14H16N2O3/c1-9-6-12(18-2)13(19-3)7-10(9)11-4-5-15-14(8-17)16-11/h4-7,17H,8H2,1-3H3. The molecule has 0 spiro atoms. The number of aromatic nitrogens is 2. The molecule has 0 saturated carbocycles. The summed E-state index contributed by atoms with van der Waals surface area (Å²) in [6.45, 7) is 1.79. The number of hydrogen-bond acceptors (Lipinski definition) is 5. The first kappa shape index (κ1) is 13.3. The average molecular weight is 260 g/mol. The summed E-state index contributed by atoms with van der Waals surface area (Å²) in [5.41, 5.74) is 2.69. The maximum Gasteiger partial charge on any atom is 0.161 e. The van der Waals surface area contributed by atoms with E-state index in [1.54, 1.807) is 26.5 Å². The van der Waals surface area contributed by atoms with E-state index in [0.717, 1.165) is 16.8 Å². The van der Waals surface area contributed by atoms with Crippen molar-refractivity contribution in [2.45, 2.75) is 13.5 Å². The van der Waals surface area contributed by atoms with E-state index in [-0.39, 0.29) is 6.61 Å². The Balaban J connectivity index is 2.55. The lowest BCUT2D eigenvalue weighted by Gasteiger charge is -2.12. The lowest BCUT2D eigenvalue weighted by Crippen LogP contribution is -1.98. The molecule has 0 fully saturated rings. The van der Waals surface area contributed by atoms with Crippen molar-refractivity contribution in [1.82, 2.24) is 9.97 Å². The van der Waals surface area contributed by atoms with Crippen molar-refractivity contribution in [1.29, 1.82) is 0 Å². The number of rotatable bonds is 4. The summed E-state index contributed by atoms with van der Waals surface area (Å²) in [5.74, 6) is 1.72. The monoisotopic (exact) mass is 260 g/mol. The van der Waals surface area contributed by atoms with E-state index in [1.807, 2.05) is 19.1 Å². The Hall–Kier alpha value is -2.14. The summed E-state index contributed by atoms with van der Waals surface area (Å²) in [7, 11) is 3.20. The van der Waals surface area contributed by atoms with Gasteiger partial charge in [-0.25, -0.2) is 9.97 Å². The zero-order valence-electron chi connectivity index (χ0n) is 11.2. The molecule has 5 nitrogen and oxygen atoms in total. The largest absolute Gasteiger partial charge is 0.493 e. The molecule has 1 heterocycles. The third kappa shape index (κ3) is 2.66. The number of aliphatic hydroxyl groups is 1. The predicted octanol–water partition coefficient (Wildman–Crippen LogP) is 1.96. The first-order valence-electron chi connectivity index (χ1n) is 5.85. The van der Waals surface area contributed by atoms with Crippen molar-refractivity contribution < 1.29 is 14.6 Å². The first-order valence-corrected chi connectivity index (χ1v) is 5.85. The highest BCUT2D eigenvalue weighted by Gasteiger charge is 2.11. The van der Waals surface area contributed by atoms with Gasteiger partial charge in [0.15, 0.2) is 17.3 Å². The Morgan fingerprint density at radius 2 is 1.84 bits per heavy atom. The van der Waals surface area contributed by atoms with Crippen molar-refractivity contribution in [3.8, 4) is 22.8 Å². The topological polar surface area (TPSA) is 64.5 Å². The van der Waals surface area contributed by atoms with Crippen molar-refractivity contribution >= 4 is 0 Å². The van der Waals surface area contributed by atoms with E-state index in [4.69, 9.17) is 14.6 Å². The first-order chi connectivity index (χ1) is 9.19. The number of nitrogens with zero attached hydrogens (tertiary/aromatic N) is 2. The molecule has 2 aromatic rings. The van der Waals surface area contributed by atoms with E-state index >= 15 is 0 Å². The van der Waals surface area contributed by atoms with Gasteiger partial charge in [0.25, 0.3) is 0 Å². The van der Waals surface area contributed by atoms with Crippen LogP contribution < -0.4 is 9.47 Å². The molecule has 1 aromatic heterocycles. The number of benzene rings is 1. The molecule has 19 heavy (non-hydrogen) atoms. The fourth-order valence-electron chi connectivity index (χ4n) is 1.88. The van der Waals surface area contributed by atoms with Gasteiger partial charge in [0.2, 0.25) is 0 Å². The molecule has 1 aromatic carbocycles. The molecule has 2 rings (SSSR count). The van der Waals surface area contributed by atoms with E-state index in [0.29, 0.717) is 17.3 Å². The van der Waals surface area contributed by atoms with Gasteiger partial charge >= 0.3 is 0 Å².